The highest BCUT2D eigenvalue weighted by Gasteiger charge is 2.17. The van der Waals surface area contributed by atoms with Crippen LogP contribution in [0, 0.1) is 6.92 Å². The number of carbonyl (C=O) groups excluding carboxylic acids is 3. The van der Waals surface area contributed by atoms with E-state index in [9.17, 15) is 14.4 Å². The number of hydrogen-bond donors (Lipinski definition) is 2. The molecule has 0 fully saturated rings. The Hall–Kier alpha value is -3.41. The molecule has 0 bridgehead atoms. The quantitative estimate of drug-likeness (QED) is 0.640. The summed E-state index contributed by atoms with van der Waals surface area (Å²) in [6.45, 7) is 3.23. The summed E-state index contributed by atoms with van der Waals surface area (Å²) in [6, 6.07) is 14.0. The molecule has 2 amide bonds. The summed E-state index contributed by atoms with van der Waals surface area (Å²) in [4.78, 5) is 36.0. The molecule has 6 nitrogen and oxygen atoms in total. The first-order valence-corrected chi connectivity index (χ1v) is 7.96. The van der Waals surface area contributed by atoms with Crippen molar-refractivity contribution in [3.63, 3.8) is 0 Å². The number of para-hydroxylation sites is 1. The second kappa shape index (κ2) is 8.62. The maximum atomic E-state index is 12.7. The molecule has 0 spiro atoms. The van der Waals surface area contributed by atoms with E-state index in [-0.39, 0.29) is 17.2 Å². The highest BCUT2D eigenvalue weighted by Crippen LogP contribution is 2.18. The fraction of sp³-hybridized carbons (Fsp3) is 0.150. The van der Waals surface area contributed by atoms with Gasteiger partial charge in [0, 0.05) is 6.92 Å². The second-order valence-corrected chi connectivity index (χ2v) is 5.59. The standard InChI is InChI=1S/C20H20N2O4/c1-13-8-4-5-9-15(13)12-18(21-14(2)23)19(24)22-17-11-7-6-10-16(17)20(25)26-3/h4-12H,1-3H3,(H,21,23)(H,22,24). The Morgan fingerprint density at radius 2 is 1.65 bits per heavy atom. The topological polar surface area (TPSA) is 84.5 Å². The summed E-state index contributed by atoms with van der Waals surface area (Å²) in [5, 5.41) is 5.18. The third-order valence-electron chi connectivity index (χ3n) is 3.62. The average Bonchev–Trinajstić information content (AvgIpc) is 2.62. The monoisotopic (exact) mass is 352 g/mol. The molecule has 0 saturated carbocycles. The summed E-state index contributed by atoms with van der Waals surface area (Å²) in [5.41, 5.74) is 2.35. The number of esters is 1. The number of amides is 2. The maximum absolute atomic E-state index is 12.7. The SMILES string of the molecule is COC(=O)c1ccccc1NC(=O)C(=Cc1ccccc1C)NC(C)=O. The third-order valence-corrected chi connectivity index (χ3v) is 3.62. The first kappa shape index (κ1) is 18.9. The maximum Gasteiger partial charge on any atom is 0.339 e. The zero-order valence-corrected chi connectivity index (χ0v) is 14.8. The van der Waals surface area contributed by atoms with Crippen LogP contribution in [-0.4, -0.2) is 24.9 Å². The van der Waals surface area contributed by atoms with E-state index in [0.717, 1.165) is 11.1 Å². The lowest BCUT2D eigenvalue weighted by atomic mass is 10.1. The first-order valence-electron chi connectivity index (χ1n) is 7.96. The molecule has 0 heterocycles. The lowest BCUT2D eigenvalue weighted by molar-refractivity contribution is -0.120. The van der Waals surface area contributed by atoms with Crippen molar-refractivity contribution >= 4 is 29.5 Å². The molecule has 2 aromatic carbocycles. The van der Waals surface area contributed by atoms with E-state index in [0.29, 0.717) is 5.69 Å². The van der Waals surface area contributed by atoms with Gasteiger partial charge in [0.1, 0.15) is 5.70 Å². The Labute approximate surface area is 151 Å². The van der Waals surface area contributed by atoms with Crippen LogP contribution in [0.15, 0.2) is 54.2 Å². The summed E-state index contributed by atoms with van der Waals surface area (Å²) in [7, 11) is 1.27. The predicted octanol–water partition coefficient (Wildman–Crippen LogP) is 2.90. The van der Waals surface area contributed by atoms with Crippen molar-refractivity contribution in [2.45, 2.75) is 13.8 Å². The van der Waals surface area contributed by atoms with E-state index < -0.39 is 11.9 Å². The third kappa shape index (κ3) is 4.80. The molecule has 2 N–H and O–H groups in total. The zero-order chi connectivity index (χ0) is 19.1. The molecule has 0 aromatic heterocycles. The van der Waals surface area contributed by atoms with Crippen LogP contribution < -0.4 is 10.6 Å². The number of ether oxygens (including phenoxy) is 1. The van der Waals surface area contributed by atoms with Gasteiger partial charge in [0.25, 0.3) is 5.91 Å². The van der Waals surface area contributed by atoms with E-state index in [1.54, 1.807) is 30.3 Å². The molecular formula is C20H20N2O4. The van der Waals surface area contributed by atoms with Crippen molar-refractivity contribution < 1.29 is 19.1 Å². The molecule has 0 atom stereocenters. The van der Waals surface area contributed by atoms with Crippen molar-refractivity contribution in [3.8, 4) is 0 Å². The fourth-order valence-corrected chi connectivity index (χ4v) is 2.32. The molecule has 0 saturated heterocycles. The predicted molar refractivity (Wildman–Crippen MR) is 99.4 cm³/mol. The van der Waals surface area contributed by atoms with Gasteiger partial charge in [0.2, 0.25) is 5.91 Å². The van der Waals surface area contributed by atoms with Gasteiger partial charge in [-0.3, -0.25) is 9.59 Å². The molecule has 134 valence electrons. The van der Waals surface area contributed by atoms with Crippen LogP contribution in [0.3, 0.4) is 0 Å². The number of nitrogens with one attached hydrogen (secondary N) is 2. The Bertz CT molecular complexity index is 872. The van der Waals surface area contributed by atoms with Gasteiger partial charge in [0.05, 0.1) is 18.4 Å². The van der Waals surface area contributed by atoms with Gasteiger partial charge in [-0.25, -0.2) is 4.79 Å². The normalized spacial score (nSPS) is 10.8. The van der Waals surface area contributed by atoms with Crippen LogP contribution in [-0.2, 0) is 14.3 Å². The van der Waals surface area contributed by atoms with Gasteiger partial charge in [-0.1, -0.05) is 36.4 Å². The van der Waals surface area contributed by atoms with Gasteiger partial charge in [-0.2, -0.15) is 0 Å². The van der Waals surface area contributed by atoms with Crippen molar-refractivity contribution in [2.24, 2.45) is 0 Å². The smallest absolute Gasteiger partial charge is 0.339 e. The van der Waals surface area contributed by atoms with Crippen molar-refractivity contribution in [2.75, 3.05) is 12.4 Å². The van der Waals surface area contributed by atoms with Gasteiger partial charge in [-0.15, -0.1) is 0 Å². The van der Waals surface area contributed by atoms with Gasteiger partial charge < -0.3 is 15.4 Å². The minimum absolute atomic E-state index is 0.0754. The highest BCUT2D eigenvalue weighted by molar-refractivity contribution is 6.11. The van der Waals surface area contributed by atoms with Gasteiger partial charge in [-0.05, 0) is 36.3 Å². The average molecular weight is 352 g/mol. The fourth-order valence-electron chi connectivity index (χ4n) is 2.32. The number of methoxy groups -OCH3 is 1. The van der Waals surface area contributed by atoms with E-state index in [2.05, 4.69) is 10.6 Å². The Kier molecular flexibility index (Phi) is 6.27. The molecule has 0 aliphatic rings. The molecule has 0 aliphatic carbocycles. The molecule has 0 unspecified atom stereocenters. The summed E-state index contributed by atoms with van der Waals surface area (Å²) >= 11 is 0. The second-order valence-electron chi connectivity index (χ2n) is 5.59. The minimum Gasteiger partial charge on any atom is -0.465 e. The van der Waals surface area contributed by atoms with Crippen LogP contribution in [0.5, 0.6) is 0 Å². The van der Waals surface area contributed by atoms with E-state index in [1.807, 2.05) is 31.2 Å². The Morgan fingerprint density at radius 1 is 1.00 bits per heavy atom. The van der Waals surface area contributed by atoms with Gasteiger partial charge in [0.15, 0.2) is 0 Å². The molecule has 2 rings (SSSR count). The molecule has 26 heavy (non-hydrogen) atoms. The summed E-state index contributed by atoms with van der Waals surface area (Å²) in [6.07, 6.45) is 1.59. The molecule has 0 radical (unpaired) electrons. The summed E-state index contributed by atoms with van der Waals surface area (Å²) in [5.74, 6) is -1.48. The highest BCUT2D eigenvalue weighted by atomic mass is 16.5. The molecular weight excluding hydrogens is 332 g/mol. The minimum atomic E-state index is -0.565. The zero-order valence-electron chi connectivity index (χ0n) is 14.8. The number of carbonyl (C=O) groups is 3. The van der Waals surface area contributed by atoms with Crippen LogP contribution in [0.1, 0.15) is 28.4 Å². The largest absolute Gasteiger partial charge is 0.465 e. The van der Waals surface area contributed by atoms with Crippen molar-refractivity contribution in [1.29, 1.82) is 0 Å². The number of aryl methyl sites for hydroxylation is 1. The van der Waals surface area contributed by atoms with Crippen molar-refractivity contribution in [3.05, 3.63) is 70.9 Å². The molecule has 0 aliphatic heterocycles. The van der Waals surface area contributed by atoms with E-state index in [1.165, 1.54) is 14.0 Å². The Morgan fingerprint density at radius 3 is 2.31 bits per heavy atom. The number of hydrogen-bond acceptors (Lipinski definition) is 4. The van der Waals surface area contributed by atoms with Gasteiger partial charge >= 0.3 is 5.97 Å². The van der Waals surface area contributed by atoms with E-state index in [4.69, 9.17) is 4.74 Å². The van der Waals surface area contributed by atoms with Crippen molar-refractivity contribution in [1.82, 2.24) is 5.32 Å². The van der Waals surface area contributed by atoms with Crippen LogP contribution in [0.2, 0.25) is 0 Å². The van der Waals surface area contributed by atoms with Crippen LogP contribution >= 0.6 is 0 Å². The molecule has 2 aromatic rings. The van der Waals surface area contributed by atoms with E-state index >= 15 is 0 Å². The van der Waals surface area contributed by atoms with Crippen LogP contribution in [0.25, 0.3) is 6.08 Å². The lowest BCUT2D eigenvalue weighted by Crippen LogP contribution is -2.29. The first-order chi connectivity index (χ1) is 12.4. The number of anilines is 1. The Balaban J connectivity index is 2.36. The summed E-state index contributed by atoms with van der Waals surface area (Å²) < 4.78 is 4.72. The lowest BCUT2D eigenvalue weighted by Gasteiger charge is -2.12. The molecule has 6 heteroatoms. The number of rotatable bonds is 5. The van der Waals surface area contributed by atoms with Crippen LogP contribution in [0.4, 0.5) is 5.69 Å². The number of benzene rings is 2.